The quantitative estimate of drug-likeness (QED) is 0.424. The van der Waals surface area contributed by atoms with Gasteiger partial charge >= 0.3 is 0 Å². The molecule has 1 aliphatic carbocycles. The first-order valence-electron chi connectivity index (χ1n) is 7.98. The van der Waals surface area contributed by atoms with E-state index in [4.69, 9.17) is 5.73 Å². The van der Waals surface area contributed by atoms with E-state index < -0.39 is 0 Å². The lowest BCUT2D eigenvalue weighted by molar-refractivity contribution is -0.122. The molecule has 3 N–H and O–H groups in total. The molecule has 5 nitrogen and oxygen atoms in total. The van der Waals surface area contributed by atoms with Gasteiger partial charge in [-0.2, -0.15) is 0 Å². The Morgan fingerprint density at radius 1 is 1.25 bits per heavy atom. The van der Waals surface area contributed by atoms with E-state index in [1.807, 2.05) is 4.90 Å². The molecule has 5 heteroatoms. The van der Waals surface area contributed by atoms with Crippen molar-refractivity contribution in [3.05, 3.63) is 0 Å². The van der Waals surface area contributed by atoms with Gasteiger partial charge < -0.3 is 16.0 Å². The number of nitrogens with two attached hydrogens (primary N) is 1. The fourth-order valence-electron chi connectivity index (χ4n) is 2.74. The average molecular weight is 282 g/mol. The first kappa shape index (κ1) is 16.8. The number of hydrogen-bond acceptors (Lipinski definition) is 2. The van der Waals surface area contributed by atoms with Gasteiger partial charge in [0.15, 0.2) is 5.96 Å². The van der Waals surface area contributed by atoms with E-state index in [1.54, 1.807) is 0 Å². The zero-order valence-corrected chi connectivity index (χ0v) is 13.0. The third kappa shape index (κ3) is 6.26. The number of hydrogen-bond donors (Lipinski definition) is 2. The van der Waals surface area contributed by atoms with Gasteiger partial charge in [0.2, 0.25) is 5.91 Å². The minimum atomic E-state index is 0.161. The van der Waals surface area contributed by atoms with Gasteiger partial charge in [-0.15, -0.1) is 0 Å². The molecule has 116 valence electrons. The highest BCUT2D eigenvalue weighted by molar-refractivity contribution is 5.78. The molecular formula is C15H30N4O. The van der Waals surface area contributed by atoms with E-state index in [2.05, 4.69) is 24.2 Å². The normalized spacial score (nSPS) is 17.0. The van der Waals surface area contributed by atoms with E-state index in [0.29, 0.717) is 31.4 Å². The standard InChI is InChI=1S/C15H30N4O/c1-3-19(4-2)15(16)18-11-10-17-14(20)12-13-8-6-5-7-9-13/h13H,3-12H2,1-2H3,(H2,16,18)(H,17,20). The Kier molecular flexibility index (Phi) is 8.07. The molecule has 0 aromatic carbocycles. The Bertz CT molecular complexity index is 307. The molecule has 1 rings (SSSR count). The van der Waals surface area contributed by atoms with Crippen LogP contribution in [0.4, 0.5) is 0 Å². The molecule has 20 heavy (non-hydrogen) atoms. The summed E-state index contributed by atoms with van der Waals surface area (Å²) >= 11 is 0. The minimum Gasteiger partial charge on any atom is -0.370 e. The summed E-state index contributed by atoms with van der Waals surface area (Å²) in [6.45, 7) is 6.96. The van der Waals surface area contributed by atoms with E-state index in [1.165, 1.54) is 32.1 Å². The number of amides is 1. The topological polar surface area (TPSA) is 70.7 Å². The van der Waals surface area contributed by atoms with Crippen LogP contribution in [0.3, 0.4) is 0 Å². The highest BCUT2D eigenvalue weighted by atomic mass is 16.1. The van der Waals surface area contributed by atoms with Crippen LogP contribution in [0.1, 0.15) is 52.4 Å². The number of guanidine groups is 1. The van der Waals surface area contributed by atoms with E-state index in [-0.39, 0.29) is 5.91 Å². The molecule has 1 fully saturated rings. The SMILES string of the molecule is CCN(CC)C(N)=NCCNC(=O)CC1CCCCC1. The van der Waals surface area contributed by atoms with Gasteiger partial charge in [-0.05, 0) is 32.6 Å². The van der Waals surface area contributed by atoms with Crippen LogP contribution in [0.15, 0.2) is 4.99 Å². The maximum Gasteiger partial charge on any atom is 0.220 e. The molecule has 0 saturated heterocycles. The second-order valence-electron chi connectivity index (χ2n) is 5.47. The summed E-state index contributed by atoms with van der Waals surface area (Å²) in [5.74, 6) is 1.32. The second-order valence-corrected chi connectivity index (χ2v) is 5.47. The molecule has 0 radical (unpaired) electrons. The lowest BCUT2D eigenvalue weighted by Gasteiger charge is -2.21. The van der Waals surface area contributed by atoms with Crippen molar-refractivity contribution in [2.24, 2.45) is 16.6 Å². The van der Waals surface area contributed by atoms with Crippen molar-refractivity contribution in [3.63, 3.8) is 0 Å². The zero-order chi connectivity index (χ0) is 14.8. The summed E-state index contributed by atoms with van der Waals surface area (Å²) in [5.41, 5.74) is 5.87. The summed E-state index contributed by atoms with van der Waals surface area (Å²) in [5, 5.41) is 2.94. The van der Waals surface area contributed by atoms with Gasteiger partial charge in [-0.1, -0.05) is 19.3 Å². The lowest BCUT2D eigenvalue weighted by Crippen LogP contribution is -2.37. The predicted molar refractivity (Wildman–Crippen MR) is 83.6 cm³/mol. The Hall–Kier alpha value is -1.26. The van der Waals surface area contributed by atoms with Crippen LogP contribution in [0.5, 0.6) is 0 Å². The summed E-state index contributed by atoms with van der Waals surface area (Å²) in [6, 6.07) is 0. The third-order valence-electron chi connectivity index (χ3n) is 3.99. The van der Waals surface area contributed by atoms with Crippen molar-refractivity contribution in [2.45, 2.75) is 52.4 Å². The van der Waals surface area contributed by atoms with Crippen LogP contribution in [-0.4, -0.2) is 42.9 Å². The summed E-state index contributed by atoms with van der Waals surface area (Å²) in [7, 11) is 0. The van der Waals surface area contributed by atoms with Crippen molar-refractivity contribution in [1.29, 1.82) is 0 Å². The number of carbonyl (C=O) groups is 1. The Morgan fingerprint density at radius 3 is 2.50 bits per heavy atom. The van der Waals surface area contributed by atoms with Gasteiger partial charge in [0.25, 0.3) is 0 Å². The number of nitrogens with zero attached hydrogens (tertiary/aromatic N) is 2. The first-order valence-corrected chi connectivity index (χ1v) is 7.98. The lowest BCUT2D eigenvalue weighted by atomic mass is 9.87. The van der Waals surface area contributed by atoms with E-state index >= 15 is 0 Å². The number of aliphatic imine (C=N–C) groups is 1. The molecule has 0 atom stereocenters. The molecular weight excluding hydrogens is 252 g/mol. The van der Waals surface area contributed by atoms with Crippen LogP contribution in [0.25, 0.3) is 0 Å². The predicted octanol–water partition coefficient (Wildman–Crippen LogP) is 1.73. The van der Waals surface area contributed by atoms with Crippen molar-refractivity contribution < 1.29 is 4.79 Å². The monoisotopic (exact) mass is 282 g/mol. The maximum atomic E-state index is 11.8. The highest BCUT2D eigenvalue weighted by Crippen LogP contribution is 2.25. The van der Waals surface area contributed by atoms with Gasteiger partial charge in [0, 0.05) is 26.1 Å². The summed E-state index contributed by atoms with van der Waals surface area (Å²) < 4.78 is 0. The fourth-order valence-corrected chi connectivity index (χ4v) is 2.74. The van der Waals surface area contributed by atoms with Crippen molar-refractivity contribution in [2.75, 3.05) is 26.2 Å². The van der Waals surface area contributed by atoms with E-state index in [9.17, 15) is 4.79 Å². The second kappa shape index (κ2) is 9.61. The van der Waals surface area contributed by atoms with Gasteiger partial charge in [-0.25, -0.2) is 0 Å². The van der Waals surface area contributed by atoms with Crippen LogP contribution >= 0.6 is 0 Å². The fraction of sp³-hybridized carbons (Fsp3) is 0.867. The maximum absolute atomic E-state index is 11.8. The molecule has 0 spiro atoms. The Morgan fingerprint density at radius 2 is 1.90 bits per heavy atom. The third-order valence-corrected chi connectivity index (χ3v) is 3.99. The summed E-state index contributed by atoms with van der Waals surface area (Å²) in [4.78, 5) is 18.1. The van der Waals surface area contributed by atoms with Gasteiger partial charge in [0.05, 0.1) is 6.54 Å². The van der Waals surface area contributed by atoms with Crippen molar-refractivity contribution >= 4 is 11.9 Å². The molecule has 1 saturated carbocycles. The van der Waals surface area contributed by atoms with Gasteiger partial charge in [0.1, 0.15) is 0 Å². The van der Waals surface area contributed by atoms with Crippen LogP contribution in [0.2, 0.25) is 0 Å². The first-order chi connectivity index (χ1) is 9.67. The largest absolute Gasteiger partial charge is 0.370 e. The van der Waals surface area contributed by atoms with Crippen molar-refractivity contribution in [3.8, 4) is 0 Å². The Balaban J connectivity index is 2.16. The van der Waals surface area contributed by atoms with Gasteiger partial charge in [-0.3, -0.25) is 9.79 Å². The molecule has 0 unspecified atom stereocenters. The zero-order valence-electron chi connectivity index (χ0n) is 13.0. The number of carbonyl (C=O) groups excluding carboxylic acids is 1. The molecule has 0 aromatic heterocycles. The highest BCUT2D eigenvalue weighted by Gasteiger charge is 2.16. The number of rotatable bonds is 7. The van der Waals surface area contributed by atoms with Crippen LogP contribution in [-0.2, 0) is 4.79 Å². The average Bonchev–Trinajstić information content (AvgIpc) is 2.46. The molecule has 0 heterocycles. The molecule has 0 aromatic rings. The van der Waals surface area contributed by atoms with Crippen LogP contribution in [0, 0.1) is 5.92 Å². The minimum absolute atomic E-state index is 0.161. The number of nitrogens with one attached hydrogen (secondary N) is 1. The summed E-state index contributed by atoms with van der Waals surface area (Å²) in [6.07, 6.45) is 6.99. The molecule has 1 amide bonds. The van der Waals surface area contributed by atoms with Crippen molar-refractivity contribution in [1.82, 2.24) is 10.2 Å². The van der Waals surface area contributed by atoms with E-state index in [0.717, 1.165) is 13.1 Å². The smallest absolute Gasteiger partial charge is 0.220 e. The van der Waals surface area contributed by atoms with Crippen LogP contribution < -0.4 is 11.1 Å². The Labute approximate surface area is 123 Å². The molecule has 0 bridgehead atoms. The molecule has 0 aliphatic heterocycles. The molecule has 1 aliphatic rings.